The lowest BCUT2D eigenvalue weighted by atomic mass is 9.99. The number of fused-ring (bicyclic) bond motifs is 2. The number of nitrogens with one attached hydrogen (secondary N) is 1. The van der Waals surface area contributed by atoms with E-state index in [0.29, 0.717) is 25.4 Å². The van der Waals surface area contributed by atoms with Crippen molar-refractivity contribution >= 4 is 21.6 Å². The first-order chi connectivity index (χ1) is 17.1. The van der Waals surface area contributed by atoms with Crippen LogP contribution in [-0.2, 0) is 16.6 Å². The van der Waals surface area contributed by atoms with Crippen LogP contribution in [0, 0.1) is 5.92 Å². The van der Waals surface area contributed by atoms with Crippen LogP contribution in [0.3, 0.4) is 0 Å². The molecule has 11 heteroatoms. The van der Waals surface area contributed by atoms with Gasteiger partial charge >= 0.3 is 0 Å². The number of benzene rings is 2. The number of nitrogens with zero attached hydrogens (tertiary/aromatic N) is 2. The third-order valence-corrected chi connectivity index (χ3v) is 6.96. The van der Waals surface area contributed by atoms with E-state index in [2.05, 4.69) is 9.62 Å². The molecule has 0 aliphatic carbocycles. The minimum Gasteiger partial charge on any atom is -0.486 e. The number of aliphatic hydroxyl groups is 1. The van der Waals surface area contributed by atoms with E-state index in [-0.39, 0.29) is 48.3 Å². The van der Waals surface area contributed by atoms with Gasteiger partial charge in [-0.15, -0.1) is 0 Å². The Morgan fingerprint density at radius 2 is 1.97 bits per heavy atom. The molecule has 0 saturated carbocycles. The molecule has 10 nitrogen and oxygen atoms in total. The van der Waals surface area contributed by atoms with Crippen LogP contribution >= 0.6 is 0 Å². The molecule has 0 bridgehead atoms. The molecule has 2 aromatic carbocycles. The minimum atomic E-state index is -3.61. The molecule has 0 unspecified atom stereocenters. The fourth-order valence-corrected chi connectivity index (χ4v) is 5.02. The second-order valence-electron chi connectivity index (χ2n) is 9.56. The first-order valence-electron chi connectivity index (χ1n) is 11.8. The Labute approximate surface area is 211 Å². The first-order valence-corrected chi connectivity index (χ1v) is 13.7. The maximum Gasteiger partial charge on any atom is 0.258 e. The highest BCUT2D eigenvalue weighted by atomic mass is 32.2. The number of sulfonamides is 1. The first kappa shape index (κ1) is 26.1. The minimum absolute atomic E-state index is 0.110. The lowest BCUT2D eigenvalue weighted by Crippen LogP contribution is -2.49. The molecule has 36 heavy (non-hydrogen) atoms. The molecule has 2 aliphatic heterocycles. The zero-order chi connectivity index (χ0) is 26.0. The Hall–Kier alpha value is -3.02. The number of ether oxygens (including phenoxy) is 3. The van der Waals surface area contributed by atoms with Crippen LogP contribution in [-0.4, -0.2) is 81.2 Å². The van der Waals surface area contributed by atoms with Crippen LogP contribution in [0.1, 0.15) is 29.8 Å². The van der Waals surface area contributed by atoms with E-state index in [1.165, 1.54) is 0 Å². The summed E-state index contributed by atoms with van der Waals surface area (Å²) in [7, 11) is -1.64. The average Bonchev–Trinajstić information content (AvgIpc) is 3.28. The van der Waals surface area contributed by atoms with Gasteiger partial charge in [0.05, 0.1) is 30.2 Å². The molecule has 0 aromatic heterocycles. The summed E-state index contributed by atoms with van der Waals surface area (Å²) in [5.74, 6) is 1.21. The number of hydrogen-bond acceptors (Lipinski definition) is 8. The van der Waals surface area contributed by atoms with Gasteiger partial charge in [0.15, 0.2) is 17.2 Å². The number of para-hydroxylation sites is 1. The number of aliphatic hydroxyl groups excluding tert-OH is 1. The SMILES string of the molecule is C[C@@H]1CN([C@@H](C)CO)C(=O)c2cccc(NS(C)(=O)=O)c2O[C@H]1CN(C)Cc1ccc2c(c1)OCO2. The highest BCUT2D eigenvalue weighted by Crippen LogP contribution is 2.36. The predicted octanol–water partition coefficient (Wildman–Crippen LogP) is 2.14. The Balaban J connectivity index is 1.63. The molecule has 0 saturated heterocycles. The summed E-state index contributed by atoms with van der Waals surface area (Å²) in [6.45, 7) is 5.31. The zero-order valence-electron chi connectivity index (χ0n) is 20.9. The number of rotatable bonds is 8. The lowest BCUT2D eigenvalue weighted by Gasteiger charge is -2.38. The molecule has 2 aliphatic rings. The van der Waals surface area contributed by atoms with Gasteiger partial charge in [0.1, 0.15) is 6.10 Å². The third-order valence-electron chi connectivity index (χ3n) is 6.37. The van der Waals surface area contributed by atoms with Crippen molar-refractivity contribution in [3.05, 3.63) is 47.5 Å². The van der Waals surface area contributed by atoms with Crippen LogP contribution in [0.2, 0.25) is 0 Å². The van der Waals surface area contributed by atoms with Crippen molar-refractivity contribution in [2.45, 2.75) is 32.5 Å². The average molecular weight is 520 g/mol. The van der Waals surface area contributed by atoms with Crippen LogP contribution in [0.5, 0.6) is 17.2 Å². The number of amides is 1. The van der Waals surface area contributed by atoms with Crippen molar-refractivity contribution in [1.29, 1.82) is 0 Å². The zero-order valence-corrected chi connectivity index (χ0v) is 21.7. The Kier molecular flexibility index (Phi) is 7.62. The molecule has 2 aromatic rings. The Morgan fingerprint density at radius 1 is 1.22 bits per heavy atom. The summed E-state index contributed by atoms with van der Waals surface area (Å²) in [6.07, 6.45) is 0.683. The van der Waals surface area contributed by atoms with Crippen molar-refractivity contribution in [2.75, 3.05) is 44.5 Å². The van der Waals surface area contributed by atoms with E-state index in [1.54, 1.807) is 30.0 Å². The Bertz CT molecular complexity index is 1220. The van der Waals surface area contributed by atoms with Crippen molar-refractivity contribution in [3.63, 3.8) is 0 Å². The summed E-state index contributed by atoms with van der Waals surface area (Å²) in [5, 5.41) is 9.81. The molecule has 0 fully saturated rings. The highest BCUT2D eigenvalue weighted by Gasteiger charge is 2.34. The van der Waals surface area contributed by atoms with E-state index in [0.717, 1.165) is 17.6 Å². The smallest absolute Gasteiger partial charge is 0.258 e. The van der Waals surface area contributed by atoms with Crippen LogP contribution < -0.4 is 18.9 Å². The largest absolute Gasteiger partial charge is 0.486 e. The fraction of sp³-hybridized carbons (Fsp3) is 0.480. The molecule has 4 rings (SSSR count). The van der Waals surface area contributed by atoms with E-state index in [1.807, 2.05) is 32.2 Å². The van der Waals surface area contributed by atoms with Gasteiger partial charge in [-0.25, -0.2) is 8.42 Å². The normalized spacial score (nSPS) is 20.4. The van der Waals surface area contributed by atoms with Gasteiger partial charge in [0.25, 0.3) is 5.91 Å². The number of carbonyl (C=O) groups is 1. The summed E-state index contributed by atoms with van der Waals surface area (Å²) < 4.78 is 43.8. The lowest BCUT2D eigenvalue weighted by molar-refractivity contribution is 0.0344. The summed E-state index contributed by atoms with van der Waals surface area (Å²) in [5.41, 5.74) is 1.50. The molecular formula is C25H33N3O7S. The molecule has 0 radical (unpaired) electrons. The number of anilines is 1. The van der Waals surface area contributed by atoms with Crippen LogP contribution in [0.15, 0.2) is 36.4 Å². The summed E-state index contributed by atoms with van der Waals surface area (Å²) >= 11 is 0. The molecule has 2 N–H and O–H groups in total. The summed E-state index contributed by atoms with van der Waals surface area (Å²) in [6, 6.07) is 10.2. The van der Waals surface area contributed by atoms with Gasteiger partial charge < -0.3 is 24.2 Å². The predicted molar refractivity (Wildman–Crippen MR) is 135 cm³/mol. The van der Waals surface area contributed by atoms with Gasteiger partial charge in [-0.05, 0) is 43.8 Å². The van der Waals surface area contributed by atoms with Gasteiger partial charge in [-0.2, -0.15) is 0 Å². The molecule has 3 atom stereocenters. The van der Waals surface area contributed by atoms with Gasteiger partial charge in [0.2, 0.25) is 16.8 Å². The second-order valence-corrected chi connectivity index (χ2v) is 11.3. The van der Waals surface area contributed by atoms with Gasteiger partial charge in [0, 0.05) is 25.6 Å². The quantitative estimate of drug-likeness (QED) is 0.545. The van der Waals surface area contributed by atoms with E-state index in [9.17, 15) is 18.3 Å². The van der Waals surface area contributed by atoms with Crippen molar-refractivity contribution < 1.29 is 32.5 Å². The maximum absolute atomic E-state index is 13.4. The second kappa shape index (κ2) is 10.5. The Morgan fingerprint density at radius 3 is 2.69 bits per heavy atom. The van der Waals surface area contributed by atoms with Crippen LogP contribution in [0.25, 0.3) is 0 Å². The monoisotopic (exact) mass is 519 g/mol. The van der Waals surface area contributed by atoms with Gasteiger partial charge in [-0.1, -0.05) is 19.1 Å². The fourth-order valence-electron chi connectivity index (χ4n) is 4.46. The number of carbonyl (C=O) groups excluding carboxylic acids is 1. The molecule has 196 valence electrons. The molecular weight excluding hydrogens is 486 g/mol. The standard InChI is InChI=1S/C25H33N3O7S/c1-16-11-28(17(2)14-29)25(30)19-6-5-7-20(26-36(4,31)32)24(19)35-23(16)13-27(3)12-18-8-9-21-22(10-18)34-15-33-21/h5-10,16-17,23,26,29H,11-15H2,1-4H3/t16-,17+,23+/m1/s1. The number of hydrogen-bond donors (Lipinski definition) is 2. The van der Waals surface area contributed by atoms with Crippen LogP contribution in [0.4, 0.5) is 5.69 Å². The highest BCUT2D eigenvalue weighted by molar-refractivity contribution is 7.92. The van der Waals surface area contributed by atoms with Gasteiger partial charge in [-0.3, -0.25) is 14.4 Å². The van der Waals surface area contributed by atoms with Crippen molar-refractivity contribution in [2.24, 2.45) is 5.92 Å². The van der Waals surface area contributed by atoms with Crippen molar-refractivity contribution in [3.8, 4) is 17.2 Å². The third kappa shape index (κ3) is 5.85. The van der Waals surface area contributed by atoms with Crippen molar-refractivity contribution in [1.82, 2.24) is 9.80 Å². The summed E-state index contributed by atoms with van der Waals surface area (Å²) in [4.78, 5) is 17.2. The van der Waals surface area contributed by atoms with E-state index < -0.39 is 16.1 Å². The van der Waals surface area contributed by atoms with E-state index >= 15 is 0 Å². The number of likely N-dealkylation sites (N-methyl/N-ethyl adjacent to an activating group) is 1. The maximum atomic E-state index is 13.4. The molecule has 1 amide bonds. The topological polar surface area (TPSA) is 118 Å². The molecule has 0 spiro atoms. The van der Waals surface area contributed by atoms with E-state index in [4.69, 9.17) is 14.2 Å². The molecule has 2 heterocycles.